The highest BCUT2D eigenvalue weighted by molar-refractivity contribution is 6.37. The van der Waals surface area contributed by atoms with Gasteiger partial charge in [-0.3, -0.25) is 0 Å². The molecule has 1 N–H and O–H groups in total. The maximum absolute atomic E-state index is 6.30. The van der Waals surface area contributed by atoms with Gasteiger partial charge in [0.25, 0.3) is 0 Å². The van der Waals surface area contributed by atoms with Crippen molar-refractivity contribution in [2.45, 2.75) is 13.8 Å². The average molecular weight is 385 g/mol. The Kier molecular flexibility index (Phi) is 4.22. The summed E-state index contributed by atoms with van der Waals surface area (Å²) < 4.78 is 1.67. The summed E-state index contributed by atoms with van der Waals surface area (Å²) in [7, 11) is 0. The number of pyridine rings is 1. The number of fused-ring (bicyclic) bond motifs is 1. The molecular weight excluding hydrogens is 371 g/mol. The molecule has 0 saturated carbocycles. The van der Waals surface area contributed by atoms with Gasteiger partial charge in [0.15, 0.2) is 0 Å². The molecule has 8 heteroatoms. The number of aryl methyl sites for hydroxylation is 2. The quantitative estimate of drug-likeness (QED) is 0.545. The highest BCUT2D eigenvalue weighted by Crippen LogP contribution is 2.30. The van der Waals surface area contributed by atoms with Crippen LogP contribution in [0.15, 0.2) is 42.7 Å². The molecule has 0 spiro atoms. The largest absolute Gasteiger partial charge is 0.324 e. The Morgan fingerprint density at radius 2 is 1.81 bits per heavy atom. The summed E-state index contributed by atoms with van der Waals surface area (Å²) in [6.45, 7) is 3.77. The molecule has 1 aromatic carbocycles. The van der Waals surface area contributed by atoms with E-state index in [-0.39, 0.29) is 0 Å². The molecule has 0 atom stereocenters. The molecule has 0 aliphatic rings. The van der Waals surface area contributed by atoms with Crippen LogP contribution >= 0.6 is 23.2 Å². The molecule has 0 aliphatic carbocycles. The molecule has 130 valence electrons. The van der Waals surface area contributed by atoms with Gasteiger partial charge >= 0.3 is 0 Å². The van der Waals surface area contributed by atoms with E-state index in [0.717, 1.165) is 16.6 Å². The van der Waals surface area contributed by atoms with Crippen LogP contribution in [0.4, 0.5) is 11.6 Å². The van der Waals surface area contributed by atoms with E-state index in [2.05, 4.69) is 25.4 Å². The van der Waals surface area contributed by atoms with Gasteiger partial charge in [-0.05, 0) is 32.0 Å². The zero-order valence-electron chi connectivity index (χ0n) is 14.0. The molecule has 0 saturated heterocycles. The van der Waals surface area contributed by atoms with Gasteiger partial charge in [-0.1, -0.05) is 29.3 Å². The Morgan fingerprint density at radius 1 is 1.04 bits per heavy atom. The maximum Gasteiger partial charge on any atom is 0.142 e. The smallest absolute Gasteiger partial charge is 0.142 e. The molecule has 0 bridgehead atoms. The summed E-state index contributed by atoms with van der Waals surface area (Å²) in [5.41, 5.74) is 2.28. The van der Waals surface area contributed by atoms with E-state index < -0.39 is 0 Å². The van der Waals surface area contributed by atoms with Gasteiger partial charge < -0.3 is 5.32 Å². The molecule has 4 rings (SSSR count). The van der Waals surface area contributed by atoms with Gasteiger partial charge in [-0.2, -0.15) is 5.10 Å². The van der Waals surface area contributed by atoms with E-state index in [4.69, 9.17) is 23.2 Å². The van der Waals surface area contributed by atoms with E-state index >= 15 is 0 Å². The first-order valence-corrected chi connectivity index (χ1v) is 8.65. The minimum atomic E-state index is 0.523. The number of nitrogens with one attached hydrogen (secondary N) is 1. The van der Waals surface area contributed by atoms with Crippen molar-refractivity contribution in [3.8, 4) is 5.69 Å². The highest BCUT2D eigenvalue weighted by atomic mass is 35.5. The number of rotatable bonds is 3. The molecule has 0 radical (unpaired) electrons. The van der Waals surface area contributed by atoms with Gasteiger partial charge in [0.05, 0.1) is 20.9 Å². The fraction of sp³-hybridized carbons (Fsp3) is 0.111. The van der Waals surface area contributed by atoms with E-state index in [9.17, 15) is 0 Å². The summed E-state index contributed by atoms with van der Waals surface area (Å²) >= 11 is 12.6. The molecule has 4 aromatic rings. The van der Waals surface area contributed by atoms with E-state index in [1.165, 1.54) is 0 Å². The lowest BCUT2D eigenvalue weighted by atomic mass is 10.3. The van der Waals surface area contributed by atoms with Crippen LogP contribution in [0.25, 0.3) is 16.6 Å². The fourth-order valence-corrected chi connectivity index (χ4v) is 3.34. The Balaban J connectivity index is 1.81. The summed E-state index contributed by atoms with van der Waals surface area (Å²) in [4.78, 5) is 13.1. The molecule has 3 aromatic heterocycles. The lowest BCUT2D eigenvalue weighted by molar-refractivity contribution is 0.897. The Hall–Kier alpha value is -2.70. The molecule has 0 amide bonds. The molecule has 0 aliphatic heterocycles. The monoisotopic (exact) mass is 384 g/mol. The van der Waals surface area contributed by atoms with Crippen molar-refractivity contribution in [3.05, 3.63) is 64.3 Å². The van der Waals surface area contributed by atoms with Crippen LogP contribution in [-0.2, 0) is 0 Å². The van der Waals surface area contributed by atoms with Crippen molar-refractivity contribution in [1.29, 1.82) is 0 Å². The third-order valence-electron chi connectivity index (χ3n) is 3.81. The normalized spacial score (nSPS) is 11.1. The van der Waals surface area contributed by atoms with Gasteiger partial charge in [-0.25, -0.2) is 19.6 Å². The molecular formula is C18H14Cl2N6. The number of hydrogen-bond acceptors (Lipinski definition) is 5. The summed E-state index contributed by atoms with van der Waals surface area (Å²) in [6, 6.07) is 9.05. The van der Waals surface area contributed by atoms with Crippen molar-refractivity contribution < 1.29 is 0 Å². The van der Waals surface area contributed by atoms with Gasteiger partial charge in [0.2, 0.25) is 0 Å². The molecule has 0 unspecified atom stereocenters. The van der Waals surface area contributed by atoms with Gasteiger partial charge in [0, 0.05) is 24.2 Å². The number of aromatic nitrogens is 5. The Bertz CT molecular complexity index is 1080. The first kappa shape index (κ1) is 16.8. The second-order valence-corrected chi connectivity index (χ2v) is 6.62. The number of halogens is 2. The number of hydrogen-bond donors (Lipinski definition) is 1. The van der Waals surface area contributed by atoms with Gasteiger partial charge in [-0.15, -0.1) is 0 Å². The summed E-state index contributed by atoms with van der Waals surface area (Å²) in [5, 5.41) is 9.70. The number of benzene rings is 1. The fourth-order valence-electron chi connectivity index (χ4n) is 2.77. The van der Waals surface area contributed by atoms with Crippen LogP contribution in [-0.4, -0.2) is 24.7 Å². The predicted molar refractivity (Wildman–Crippen MR) is 104 cm³/mol. The minimum Gasteiger partial charge on any atom is -0.324 e. The second kappa shape index (κ2) is 6.55. The first-order valence-electron chi connectivity index (χ1n) is 7.89. The van der Waals surface area contributed by atoms with Crippen LogP contribution in [0, 0.1) is 13.8 Å². The number of para-hydroxylation sites is 1. The summed E-state index contributed by atoms with van der Waals surface area (Å²) in [5.74, 6) is 2.02. The maximum atomic E-state index is 6.30. The predicted octanol–water partition coefficient (Wildman–Crippen LogP) is 4.88. The summed E-state index contributed by atoms with van der Waals surface area (Å²) in [6.07, 6.45) is 3.54. The molecule has 26 heavy (non-hydrogen) atoms. The zero-order valence-corrected chi connectivity index (χ0v) is 15.5. The van der Waals surface area contributed by atoms with Crippen LogP contribution in [0.3, 0.4) is 0 Å². The Labute approximate surface area is 159 Å². The van der Waals surface area contributed by atoms with E-state index in [1.807, 2.05) is 32.2 Å². The lowest BCUT2D eigenvalue weighted by Crippen LogP contribution is -2.00. The van der Waals surface area contributed by atoms with Gasteiger partial charge in [0.1, 0.15) is 23.1 Å². The van der Waals surface area contributed by atoms with Crippen LogP contribution in [0.1, 0.15) is 11.5 Å². The SMILES string of the molecule is Cc1cc(Nc2nccc3nn(-c4c(Cl)cccc4Cl)cc23)nc(C)n1. The molecule has 6 nitrogen and oxygen atoms in total. The topological polar surface area (TPSA) is 68.5 Å². The highest BCUT2D eigenvalue weighted by Gasteiger charge is 2.13. The third-order valence-corrected chi connectivity index (χ3v) is 4.42. The first-order chi connectivity index (χ1) is 12.5. The Morgan fingerprint density at radius 3 is 2.54 bits per heavy atom. The third kappa shape index (κ3) is 3.09. The standard InChI is InChI=1S/C18H14Cl2N6/c1-10-8-16(23-11(2)22-10)24-18-12-9-26(25-15(12)6-7-21-18)17-13(19)4-3-5-14(17)20/h3-9H,1-2H3,(H,21,22,23,24). The van der Waals surface area contributed by atoms with Crippen molar-refractivity contribution in [3.63, 3.8) is 0 Å². The molecule has 0 fully saturated rings. The lowest BCUT2D eigenvalue weighted by Gasteiger charge is -2.07. The number of nitrogens with zero attached hydrogens (tertiary/aromatic N) is 5. The zero-order chi connectivity index (χ0) is 18.3. The van der Waals surface area contributed by atoms with Crippen molar-refractivity contribution in [1.82, 2.24) is 24.7 Å². The van der Waals surface area contributed by atoms with Crippen LogP contribution < -0.4 is 5.32 Å². The van der Waals surface area contributed by atoms with E-state index in [0.29, 0.717) is 33.2 Å². The van der Waals surface area contributed by atoms with Crippen molar-refractivity contribution in [2.75, 3.05) is 5.32 Å². The van der Waals surface area contributed by atoms with Crippen LogP contribution in [0.2, 0.25) is 10.0 Å². The van der Waals surface area contributed by atoms with Crippen molar-refractivity contribution in [2.24, 2.45) is 0 Å². The van der Waals surface area contributed by atoms with E-state index in [1.54, 1.807) is 29.1 Å². The number of anilines is 2. The van der Waals surface area contributed by atoms with Crippen molar-refractivity contribution >= 4 is 45.7 Å². The minimum absolute atomic E-state index is 0.523. The molecule has 3 heterocycles. The average Bonchev–Trinajstić information content (AvgIpc) is 2.98. The van der Waals surface area contributed by atoms with Crippen LogP contribution in [0.5, 0.6) is 0 Å². The second-order valence-electron chi connectivity index (χ2n) is 5.80.